The lowest BCUT2D eigenvalue weighted by Crippen LogP contribution is -2.48. The molecule has 0 unspecified atom stereocenters. The van der Waals surface area contributed by atoms with E-state index < -0.39 is 12.0 Å². The number of piperidine rings is 1. The Morgan fingerprint density at radius 1 is 1.43 bits per heavy atom. The smallest absolute Gasteiger partial charge is 0.326 e. The molecule has 0 radical (unpaired) electrons. The second-order valence-corrected chi connectivity index (χ2v) is 5.60. The van der Waals surface area contributed by atoms with E-state index in [0.29, 0.717) is 13.0 Å². The number of nitrogens with zero attached hydrogens (tertiary/aromatic N) is 1. The third-order valence-electron chi connectivity index (χ3n) is 4.01. The van der Waals surface area contributed by atoms with Crippen LogP contribution in [0.15, 0.2) is 24.3 Å². The molecule has 0 saturated carbocycles. The van der Waals surface area contributed by atoms with Gasteiger partial charge in [0, 0.05) is 13.0 Å². The second kappa shape index (κ2) is 6.70. The Bertz CT molecular complexity index is 532. The van der Waals surface area contributed by atoms with Crippen LogP contribution in [-0.2, 0) is 9.59 Å². The molecule has 0 aromatic heterocycles. The predicted molar refractivity (Wildman–Crippen MR) is 76.4 cm³/mol. The molecule has 1 fully saturated rings. The van der Waals surface area contributed by atoms with Gasteiger partial charge in [-0.1, -0.05) is 19.1 Å². The number of benzene rings is 1. The Hall–Kier alpha value is -1.91. The number of carboxylic acid groups (broad SMARTS) is 1. The van der Waals surface area contributed by atoms with Gasteiger partial charge >= 0.3 is 5.97 Å². The van der Waals surface area contributed by atoms with Crippen molar-refractivity contribution in [1.82, 2.24) is 4.90 Å². The number of aliphatic carboxylic acids is 1. The van der Waals surface area contributed by atoms with Crippen LogP contribution in [-0.4, -0.2) is 34.5 Å². The van der Waals surface area contributed by atoms with Crippen LogP contribution < -0.4 is 0 Å². The van der Waals surface area contributed by atoms with Crippen molar-refractivity contribution in [3.05, 3.63) is 35.6 Å². The number of rotatable bonds is 4. The largest absolute Gasteiger partial charge is 0.480 e. The zero-order valence-electron chi connectivity index (χ0n) is 12.1. The molecule has 0 bridgehead atoms. The Kier molecular flexibility index (Phi) is 4.94. The highest BCUT2D eigenvalue weighted by atomic mass is 19.1. The van der Waals surface area contributed by atoms with Gasteiger partial charge in [-0.2, -0.15) is 0 Å². The Morgan fingerprint density at radius 3 is 2.86 bits per heavy atom. The summed E-state index contributed by atoms with van der Waals surface area (Å²) in [6.07, 6.45) is 2.38. The lowest BCUT2D eigenvalue weighted by atomic mass is 9.95. The maximum absolute atomic E-state index is 13.2. The molecule has 1 aromatic carbocycles. The van der Waals surface area contributed by atoms with Gasteiger partial charge in [-0.25, -0.2) is 9.18 Å². The third-order valence-corrected chi connectivity index (χ3v) is 4.01. The van der Waals surface area contributed by atoms with Crippen LogP contribution in [0, 0.1) is 5.82 Å². The van der Waals surface area contributed by atoms with Crippen LogP contribution >= 0.6 is 0 Å². The molecule has 0 spiro atoms. The molecule has 1 aliphatic heterocycles. The van der Waals surface area contributed by atoms with Gasteiger partial charge < -0.3 is 10.0 Å². The normalized spacial score (nSPS) is 20.1. The number of hydrogen-bond donors (Lipinski definition) is 1. The van der Waals surface area contributed by atoms with Gasteiger partial charge in [-0.15, -0.1) is 0 Å². The number of amides is 1. The van der Waals surface area contributed by atoms with Gasteiger partial charge in [0.2, 0.25) is 5.91 Å². The quantitative estimate of drug-likeness (QED) is 0.928. The summed E-state index contributed by atoms with van der Waals surface area (Å²) in [7, 11) is 0. The average Bonchev–Trinajstić information content (AvgIpc) is 2.47. The first-order valence-electron chi connectivity index (χ1n) is 7.26. The summed E-state index contributed by atoms with van der Waals surface area (Å²) < 4.78 is 13.2. The molecule has 2 atom stereocenters. The first-order chi connectivity index (χ1) is 9.99. The van der Waals surface area contributed by atoms with E-state index in [1.807, 2.05) is 6.92 Å². The van der Waals surface area contributed by atoms with E-state index in [1.54, 1.807) is 12.1 Å². The summed E-state index contributed by atoms with van der Waals surface area (Å²) in [4.78, 5) is 25.0. The molecule has 0 aliphatic carbocycles. The van der Waals surface area contributed by atoms with E-state index in [1.165, 1.54) is 17.0 Å². The summed E-state index contributed by atoms with van der Waals surface area (Å²) in [5.74, 6) is -1.57. The third kappa shape index (κ3) is 3.80. The topological polar surface area (TPSA) is 57.6 Å². The number of carboxylic acids is 1. The zero-order chi connectivity index (χ0) is 15.4. The fraction of sp³-hybridized carbons (Fsp3) is 0.500. The average molecular weight is 293 g/mol. The van der Waals surface area contributed by atoms with Crippen molar-refractivity contribution >= 4 is 11.9 Å². The van der Waals surface area contributed by atoms with Gasteiger partial charge in [0.1, 0.15) is 11.9 Å². The van der Waals surface area contributed by atoms with Crippen LogP contribution in [0.5, 0.6) is 0 Å². The fourth-order valence-corrected chi connectivity index (χ4v) is 2.80. The predicted octanol–water partition coefficient (Wildman–Crippen LogP) is 2.79. The first kappa shape index (κ1) is 15.5. The minimum Gasteiger partial charge on any atom is -0.480 e. The van der Waals surface area contributed by atoms with Gasteiger partial charge in [0.15, 0.2) is 0 Å². The molecule has 21 heavy (non-hydrogen) atoms. The van der Waals surface area contributed by atoms with Crippen LogP contribution in [0.1, 0.15) is 44.1 Å². The van der Waals surface area contributed by atoms with Crippen LogP contribution in [0.3, 0.4) is 0 Å². The SMILES string of the molecule is C[C@H](CC(=O)N1CCCC[C@@H]1C(=O)O)c1cccc(F)c1. The molecular formula is C16H20FNO3. The van der Waals surface area contributed by atoms with Gasteiger partial charge in [-0.3, -0.25) is 4.79 Å². The summed E-state index contributed by atoms with van der Waals surface area (Å²) in [5, 5.41) is 9.20. The van der Waals surface area contributed by atoms with Crippen molar-refractivity contribution < 1.29 is 19.1 Å². The van der Waals surface area contributed by atoms with E-state index in [9.17, 15) is 19.1 Å². The van der Waals surface area contributed by atoms with E-state index in [2.05, 4.69) is 0 Å². The minimum atomic E-state index is -0.943. The summed E-state index contributed by atoms with van der Waals surface area (Å²) in [6, 6.07) is 5.47. The number of carbonyl (C=O) groups is 2. The highest BCUT2D eigenvalue weighted by Gasteiger charge is 2.32. The van der Waals surface area contributed by atoms with E-state index >= 15 is 0 Å². The molecule has 1 N–H and O–H groups in total. The van der Waals surface area contributed by atoms with Crippen LogP contribution in [0.25, 0.3) is 0 Å². The highest BCUT2D eigenvalue weighted by Crippen LogP contribution is 2.24. The van der Waals surface area contributed by atoms with Crippen molar-refractivity contribution in [3.63, 3.8) is 0 Å². The van der Waals surface area contributed by atoms with Gasteiger partial charge in [0.05, 0.1) is 0 Å². The second-order valence-electron chi connectivity index (χ2n) is 5.60. The Balaban J connectivity index is 2.04. The number of carbonyl (C=O) groups excluding carboxylic acids is 1. The highest BCUT2D eigenvalue weighted by molar-refractivity contribution is 5.84. The molecule has 1 aliphatic rings. The van der Waals surface area contributed by atoms with Crippen molar-refractivity contribution in [3.8, 4) is 0 Å². The van der Waals surface area contributed by atoms with Gasteiger partial charge in [-0.05, 0) is 42.9 Å². The van der Waals surface area contributed by atoms with Crippen molar-refractivity contribution in [2.24, 2.45) is 0 Å². The van der Waals surface area contributed by atoms with Crippen molar-refractivity contribution in [2.45, 2.75) is 44.6 Å². The van der Waals surface area contributed by atoms with E-state index in [-0.39, 0.29) is 24.1 Å². The molecule has 1 aromatic rings. The maximum atomic E-state index is 13.2. The van der Waals surface area contributed by atoms with Crippen LogP contribution in [0.2, 0.25) is 0 Å². The number of halogens is 1. The first-order valence-corrected chi connectivity index (χ1v) is 7.26. The molecule has 2 rings (SSSR count). The molecule has 4 nitrogen and oxygen atoms in total. The number of likely N-dealkylation sites (tertiary alicyclic amines) is 1. The summed E-state index contributed by atoms with van der Waals surface area (Å²) in [6.45, 7) is 2.35. The number of hydrogen-bond acceptors (Lipinski definition) is 2. The lowest BCUT2D eigenvalue weighted by molar-refractivity contribution is -0.152. The summed E-state index contributed by atoms with van der Waals surface area (Å²) in [5.41, 5.74) is 0.757. The maximum Gasteiger partial charge on any atom is 0.326 e. The van der Waals surface area contributed by atoms with E-state index in [4.69, 9.17) is 0 Å². The van der Waals surface area contributed by atoms with Crippen molar-refractivity contribution in [1.29, 1.82) is 0 Å². The molecule has 5 heteroatoms. The zero-order valence-corrected chi connectivity index (χ0v) is 12.1. The molecule has 1 heterocycles. The molecule has 114 valence electrons. The molecule has 1 saturated heterocycles. The monoisotopic (exact) mass is 293 g/mol. The van der Waals surface area contributed by atoms with Gasteiger partial charge in [0.25, 0.3) is 0 Å². The molecule has 1 amide bonds. The van der Waals surface area contributed by atoms with E-state index in [0.717, 1.165) is 18.4 Å². The Labute approximate surface area is 123 Å². The standard InChI is InChI=1S/C16H20FNO3/c1-11(12-5-4-6-13(17)10-12)9-15(19)18-8-3-2-7-14(18)16(20)21/h4-6,10-11,14H,2-3,7-9H2,1H3,(H,20,21)/t11-,14-/m1/s1. The lowest BCUT2D eigenvalue weighted by Gasteiger charge is -2.33. The van der Waals surface area contributed by atoms with Crippen LogP contribution in [0.4, 0.5) is 4.39 Å². The van der Waals surface area contributed by atoms with Crippen molar-refractivity contribution in [2.75, 3.05) is 6.54 Å². The Morgan fingerprint density at radius 2 is 2.19 bits per heavy atom. The fourth-order valence-electron chi connectivity index (χ4n) is 2.80. The minimum absolute atomic E-state index is 0.135. The summed E-state index contributed by atoms with van der Waals surface area (Å²) >= 11 is 0. The molecular weight excluding hydrogens is 273 g/mol.